The van der Waals surface area contributed by atoms with Crippen molar-refractivity contribution < 1.29 is 13.9 Å². The van der Waals surface area contributed by atoms with Gasteiger partial charge < -0.3 is 4.74 Å². The summed E-state index contributed by atoms with van der Waals surface area (Å²) in [4.78, 5) is 13.4. The normalized spacial score (nSPS) is 10.9. The van der Waals surface area contributed by atoms with E-state index < -0.39 is 0 Å². The number of carbonyl (C=O) groups is 1. The van der Waals surface area contributed by atoms with Crippen LogP contribution in [0.2, 0.25) is 0 Å². The summed E-state index contributed by atoms with van der Waals surface area (Å²) in [5.41, 5.74) is 1.94. The molecule has 0 aliphatic carbocycles. The van der Waals surface area contributed by atoms with Gasteiger partial charge in [-0.25, -0.2) is 9.18 Å². The Morgan fingerprint density at radius 2 is 1.90 bits per heavy atom. The summed E-state index contributed by atoms with van der Waals surface area (Å²) in [7, 11) is 1.39. The number of aryl methyl sites for hydroxylation is 1. The van der Waals surface area contributed by atoms with Gasteiger partial charge in [-0.3, -0.25) is 0 Å². The Kier molecular flexibility index (Phi) is 3.31. The van der Waals surface area contributed by atoms with Crippen molar-refractivity contribution in [2.45, 2.75) is 6.92 Å². The third kappa shape index (κ3) is 2.13. The van der Waals surface area contributed by atoms with E-state index in [4.69, 9.17) is 4.74 Å². The molecule has 3 aromatic rings. The van der Waals surface area contributed by atoms with Crippen LogP contribution in [0.5, 0.6) is 0 Å². The zero-order valence-electron chi connectivity index (χ0n) is 10.9. The summed E-state index contributed by atoms with van der Waals surface area (Å²) in [6.45, 7) is 1.93. The Bertz CT molecular complexity index is 784. The van der Waals surface area contributed by atoms with Crippen molar-refractivity contribution in [3.63, 3.8) is 0 Å². The second kappa shape index (κ2) is 5.00. The van der Waals surface area contributed by atoms with Crippen molar-refractivity contribution in [2.24, 2.45) is 0 Å². The van der Waals surface area contributed by atoms with Crippen LogP contribution >= 0.6 is 22.7 Å². The molecule has 5 heteroatoms. The minimum absolute atomic E-state index is 0.240. The molecule has 0 aliphatic rings. The maximum Gasteiger partial charge on any atom is 0.348 e. The van der Waals surface area contributed by atoms with Crippen LogP contribution in [0.25, 0.3) is 19.8 Å². The molecule has 0 spiro atoms. The number of thiophene rings is 2. The first kappa shape index (κ1) is 13.3. The van der Waals surface area contributed by atoms with Gasteiger partial charge in [0.15, 0.2) is 0 Å². The zero-order valence-corrected chi connectivity index (χ0v) is 12.5. The van der Waals surface area contributed by atoms with Gasteiger partial charge in [0.2, 0.25) is 0 Å². The van der Waals surface area contributed by atoms with Crippen LogP contribution in [-0.4, -0.2) is 13.1 Å². The summed E-state index contributed by atoms with van der Waals surface area (Å²) in [6.07, 6.45) is 0. The van der Waals surface area contributed by atoms with E-state index >= 15 is 0 Å². The van der Waals surface area contributed by atoms with E-state index in [0.717, 1.165) is 25.4 Å². The molecule has 0 saturated heterocycles. The highest BCUT2D eigenvalue weighted by molar-refractivity contribution is 7.30. The SMILES string of the molecule is COC(=O)c1sc2cc(-c3ccc(F)cc3)sc2c1C. The van der Waals surface area contributed by atoms with Gasteiger partial charge >= 0.3 is 5.97 Å². The highest BCUT2D eigenvalue weighted by Crippen LogP contribution is 2.41. The maximum atomic E-state index is 12.9. The Labute approximate surface area is 123 Å². The molecule has 0 radical (unpaired) electrons. The van der Waals surface area contributed by atoms with Crippen LogP contribution in [-0.2, 0) is 4.74 Å². The molecule has 0 N–H and O–H groups in total. The second-order valence-electron chi connectivity index (χ2n) is 4.36. The van der Waals surface area contributed by atoms with Gasteiger partial charge in [-0.2, -0.15) is 0 Å². The summed E-state index contributed by atoms with van der Waals surface area (Å²) in [5, 5.41) is 0. The quantitative estimate of drug-likeness (QED) is 0.632. The van der Waals surface area contributed by atoms with Crippen LogP contribution in [0.4, 0.5) is 4.39 Å². The number of carbonyl (C=O) groups excluding carboxylic acids is 1. The van der Waals surface area contributed by atoms with Crippen molar-refractivity contribution in [3.8, 4) is 10.4 Å². The molecular formula is C15H11FO2S2. The van der Waals surface area contributed by atoms with Crippen molar-refractivity contribution in [1.29, 1.82) is 0 Å². The van der Waals surface area contributed by atoms with E-state index in [1.54, 1.807) is 23.5 Å². The minimum atomic E-state index is -0.292. The fourth-order valence-electron chi connectivity index (χ4n) is 2.04. The number of hydrogen-bond acceptors (Lipinski definition) is 4. The Balaban J connectivity index is 2.08. The number of halogens is 1. The van der Waals surface area contributed by atoms with Gasteiger partial charge in [-0.1, -0.05) is 12.1 Å². The topological polar surface area (TPSA) is 26.3 Å². The van der Waals surface area contributed by atoms with Gasteiger partial charge in [0.05, 0.1) is 7.11 Å². The lowest BCUT2D eigenvalue weighted by molar-refractivity contribution is 0.0605. The first-order valence-corrected chi connectivity index (χ1v) is 7.60. The number of esters is 1. The van der Waals surface area contributed by atoms with Crippen LogP contribution in [0.1, 0.15) is 15.2 Å². The van der Waals surface area contributed by atoms with Crippen LogP contribution < -0.4 is 0 Å². The number of rotatable bonds is 2. The van der Waals surface area contributed by atoms with Gasteiger partial charge in [-0.15, -0.1) is 22.7 Å². The molecule has 1 aromatic carbocycles. The predicted octanol–water partition coefficient (Wildman–Crippen LogP) is 4.86. The van der Waals surface area contributed by atoms with Gasteiger partial charge in [0.1, 0.15) is 10.7 Å². The van der Waals surface area contributed by atoms with E-state index in [-0.39, 0.29) is 11.8 Å². The molecule has 20 heavy (non-hydrogen) atoms. The number of hydrogen-bond donors (Lipinski definition) is 0. The third-order valence-corrected chi connectivity index (χ3v) is 5.74. The number of ether oxygens (including phenoxy) is 1. The molecule has 0 amide bonds. The Hall–Kier alpha value is -1.72. The first-order valence-electron chi connectivity index (χ1n) is 5.97. The van der Waals surface area contributed by atoms with Crippen molar-refractivity contribution in [3.05, 3.63) is 46.6 Å². The first-order chi connectivity index (χ1) is 9.60. The molecule has 0 fully saturated rings. The fraction of sp³-hybridized carbons (Fsp3) is 0.133. The lowest BCUT2D eigenvalue weighted by Crippen LogP contribution is -1.99. The van der Waals surface area contributed by atoms with Crippen LogP contribution in [0.3, 0.4) is 0 Å². The molecule has 3 rings (SSSR count). The average molecular weight is 306 g/mol. The highest BCUT2D eigenvalue weighted by Gasteiger charge is 2.18. The molecule has 0 atom stereocenters. The largest absolute Gasteiger partial charge is 0.465 e. The lowest BCUT2D eigenvalue weighted by atomic mass is 10.2. The van der Waals surface area contributed by atoms with Crippen molar-refractivity contribution in [2.75, 3.05) is 7.11 Å². The monoisotopic (exact) mass is 306 g/mol. The van der Waals surface area contributed by atoms with Crippen molar-refractivity contribution >= 4 is 38.0 Å². The number of benzene rings is 1. The predicted molar refractivity (Wildman–Crippen MR) is 81.2 cm³/mol. The molecule has 0 bridgehead atoms. The second-order valence-corrected chi connectivity index (χ2v) is 6.46. The summed E-state index contributed by atoms with van der Waals surface area (Å²) < 4.78 is 19.9. The third-order valence-electron chi connectivity index (χ3n) is 3.09. The van der Waals surface area contributed by atoms with E-state index in [1.165, 1.54) is 30.6 Å². The molecule has 0 saturated carbocycles. The minimum Gasteiger partial charge on any atom is -0.465 e. The van der Waals surface area contributed by atoms with E-state index in [2.05, 4.69) is 0 Å². The molecule has 2 nitrogen and oxygen atoms in total. The highest BCUT2D eigenvalue weighted by atomic mass is 32.1. The summed E-state index contributed by atoms with van der Waals surface area (Å²) >= 11 is 3.05. The van der Waals surface area contributed by atoms with E-state index in [0.29, 0.717) is 4.88 Å². The summed E-state index contributed by atoms with van der Waals surface area (Å²) in [5.74, 6) is -0.532. The van der Waals surface area contributed by atoms with E-state index in [9.17, 15) is 9.18 Å². The van der Waals surface area contributed by atoms with Gasteiger partial charge in [-0.05, 0) is 36.2 Å². The summed E-state index contributed by atoms with van der Waals surface area (Å²) in [6, 6.07) is 8.48. The average Bonchev–Trinajstić information content (AvgIpc) is 2.99. The standard InChI is InChI=1S/C15H11FO2S2/c1-8-13-12(20-14(8)15(17)18-2)7-11(19-13)9-3-5-10(16)6-4-9/h3-7H,1-2H3. The van der Waals surface area contributed by atoms with Gasteiger partial charge in [0, 0.05) is 14.3 Å². The molecule has 2 aromatic heterocycles. The van der Waals surface area contributed by atoms with Crippen LogP contribution in [0, 0.1) is 12.7 Å². The van der Waals surface area contributed by atoms with Gasteiger partial charge in [0.25, 0.3) is 0 Å². The van der Waals surface area contributed by atoms with Crippen molar-refractivity contribution in [1.82, 2.24) is 0 Å². The van der Waals surface area contributed by atoms with Crippen LogP contribution in [0.15, 0.2) is 30.3 Å². The molecule has 0 unspecified atom stereocenters. The number of fused-ring (bicyclic) bond motifs is 1. The molecular weight excluding hydrogens is 295 g/mol. The lowest BCUT2D eigenvalue weighted by Gasteiger charge is -1.98. The fourth-order valence-corrected chi connectivity index (χ4v) is 4.56. The molecule has 2 heterocycles. The number of methoxy groups -OCH3 is 1. The Morgan fingerprint density at radius 1 is 1.20 bits per heavy atom. The molecule has 0 aliphatic heterocycles. The Morgan fingerprint density at radius 3 is 2.50 bits per heavy atom. The smallest absolute Gasteiger partial charge is 0.348 e. The zero-order chi connectivity index (χ0) is 14.3. The molecule has 102 valence electrons. The maximum absolute atomic E-state index is 12.9. The van der Waals surface area contributed by atoms with E-state index in [1.807, 2.05) is 13.0 Å².